The van der Waals surface area contributed by atoms with Crippen LogP contribution in [0.3, 0.4) is 0 Å². The predicted molar refractivity (Wildman–Crippen MR) is 66.5 cm³/mol. The van der Waals surface area contributed by atoms with Crippen molar-refractivity contribution in [2.24, 2.45) is 10.8 Å². The van der Waals surface area contributed by atoms with Gasteiger partial charge in [-0.3, -0.25) is 5.43 Å². The molecule has 0 atom stereocenters. The molecule has 16 heavy (non-hydrogen) atoms. The summed E-state index contributed by atoms with van der Waals surface area (Å²) in [7, 11) is 1.63. The molecule has 0 saturated carbocycles. The summed E-state index contributed by atoms with van der Waals surface area (Å²) in [4.78, 5) is 4.27. The first kappa shape index (κ1) is 12.3. The number of guanidine groups is 1. The summed E-state index contributed by atoms with van der Waals surface area (Å²) in [6.07, 6.45) is 0. The number of hydrazine groups is 1. The summed E-state index contributed by atoms with van der Waals surface area (Å²) < 4.78 is 5.12. The highest BCUT2D eigenvalue weighted by Crippen LogP contribution is 2.16. The van der Waals surface area contributed by atoms with E-state index in [2.05, 4.69) is 15.7 Å². The van der Waals surface area contributed by atoms with Crippen LogP contribution in [0.1, 0.15) is 13.8 Å². The largest absolute Gasteiger partial charge is 0.497 e. The molecule has 0 aliphatic heterocycles. The summed E-state index contributed by atoms with van der Waals surface area (Å²) in [5.74, 6) is 6.68. The molecule has 5 nitrogen and oxygen atoms in total. The molecule has 0 aromatic heterocycles. The van der Waals surface area contributed by atoms with Crippen molar-refractivity contribution < 1.29 is 4.74 Å². The van der Waals surface area contributed by atoms with E-state index in [0.29, 0.717) is 5.96 Å². The number of nitrogens with one attached hydrogen (secondary N) is 2. The maximum Gasteiger partial charge on any atom is 0.210 e. The van der Waals surface area contributed by atoms with Crippen molar-refractivity contribution in [3.05, 3.63) is 24.3 Å². The molecule has 4 N–H and O–H groups in total. The van der Waals surface area contributed by atoms with Crippen molar-refractivity contribution in [1.82, 2.24) is 5.43 Å². The van der Waals surface area contributed by atoms with E-state index in [1.165, 1.54) is 0 Å². The molecule has 0 heterocycles. The van der Waals surface area contributed by atoms with Gasteiger partial charge in [-0.1, -0.05) is 6.07 Å². The normalized spacial score (nSPS) is 11.4. The average Bonchev–Trinajstić information content (AvgIpc) is 2.28. The third-order valence-electron chi connectivity index (χ3n) is 1.86. The summed E-state index contributed by atoms with van der Waals surface area (Å²) in [5.41, 5.74) is 3.39. The molecule has 1 aromatic rings. The molecule has 0 unspecified atom stereocenters. The Morgan fingerprint density at radius 1 is 1.44 bits per heavy atom. The number of hydrogen-bond donors (Lipinski definition) is 3. The fourth-order valence-corrected chi connectivity index (χ4v) is 1.20. The zero-order valence-electron chi connectivity index (χ0n) is 9.82. The average molecular weight is 222 g/mol. The Morgan fingerprint density at radius 2 is 2.19 bits per heavy atom. The van der Waals surface area contributed by atoms with Gasteiger partial charge in [0.05, 0.1) is 7.11 Å². The van der Waals surface area contributed by atoms with Crippen LogP contribution in [0.25, 0.3) is 0 Å². The van der Waals surface area contributed by atoms with E-state index in [-0.39, 0.29) is 6.04 Å². The van der Waals surface area contributed by atoms with Crippen molar-refractivity contribution >= 4 is 11.6 Å². The van der Waals surface area contributed by atoms with Crippen LogP contribution in [-0.4, -0.2) is 19.1 Å². The van der Waals surface area contributed by atoms with Crippen LogP contribution in [0.2, 0.25) is 0 Å². The fraction of sp³-hybridized carbons (Fsp3) is 0.364. The van der Waals surface area contributed by atoms with Gasteiger partial charge in [0.1, 0.15) is 5.75 Å². The van der Waals surface area contributed by atoms with Gasteiger partial charge in [0.2, 0.25) is 5.96 Å². The molecule has 0 radical (unpaired) electrons. The lowest BCUT2D eigenvalue weighted by Crippen LogP contribution is -2.36. The van der Waals surface area contributed by atoms with Crippen LogP contribution in [0.4, 0.5) is 5.69 Å². The number of aliphatic imine (C=N–C) groups is 1. The number of nitrogens with two attached hydrogens (primary N) is 1. The minimum atomic E-state index is 0.171. The number of anilines is 1. The topological polar surface area (TPSA) is 71.7 Å². The van der Waals surface area contributed by atoms with Crippen LogP contribution >= 0.6 is 0 Å². The standard InChI is InChI=1S/C11H18N4O/c1-8(2)13-11(15-12)14-9-5-4-6-10(7-9)16-3/h4-8H,12H2,1-3H3,(H2,13,14,15). The second-order valence-corrected chi connectivity index (χ2v) is 3.57. The number of rotatable bonds is 3. The summed E-state index contributed by atoms with van der Waals surface area (Å²) >= 11 is 0. The molecular formula is C11H18N4O. The molecule has 0 bridgehead atoms. The first-order valence-electron chi connectivity index (χ1n) is 5.11. The predicted octanol–water partition coefficient (Wildman–Crippen LogP) is 1.33. The molecule has 0 saturated heterocycles. The highest BCUT2D eigenvalue weighted by Gasteiger charge is 2.00. The van der Waals surface area contributed by atoms with E-state index < -0.39 is 0 Å². The van der Waals surface area contributed by atoms with Gasteiger partial charge in [-0.05, 0) is 26.0 Å². The van der Waals surface area contributed by atoms with Crippen LogP contribution in [0.15, 0.2) is 29.3 Å². The van der Waals surface area contributed by atoms with Gasteiger partial charge in [0, 0.05) is 17.8 Å². The first-order chi connectivity index (χ1) is 7.65. The Morgan fingerprint density at radius 3 is 2.75 bits per heavy atom. The van der Waals surface area contributed by atoms with Gasteiger partial charge in [-0.2, -0.15) is 0 Å². The van der Waals surface area contributed by atoms with Gasteiger partial charge >= 0.3 is 0 Å². The number of ether oxygens (including phenoxy) is 1. The van der Waals surface area contributed by atoms with Gasteiger partial charge in [-0.15, -0.1) is 0 Å². The van der Waals surface area contributed by atoms with Gasteiger partial charge in [0.25, 0.3) is 0 Å². The molecule has 88 valence electrons. The van der Waals surface area contributed by atoms with Gasteiger partial charge in [0.15, 0.2) is 0 Å². The molecule has 0 aliphatic carbocycles. The van der Waals surface area contributed by atoms with Crippen LogP contribution in [-0.2, 0) is 0 Å². The Bertz CT molecular complexity index is 363. The zero-order chi connectivity index (χ0) is 12.0. The van der Waals surface area contributed by atoms with Crippen molar-refractivity contribution in [2.75, 3.05) is 12.4 Å². The molecule has 0 fully saturated rings. The minimum absolute atomic E-state index is 0.171. The van der Waals surface area contributed by atoms with Gasteiger partial charge < -0.3 is 10.1 Å². The van der Waals surface area contributed by atoms with Crippen LogP contribution < -0.4 is 21.3 Å². The molecule has 1 rings (SSSR count). The SMILES string of the molecule is COc1cccc(NC(=NC(C)C)NN)c1. The van der Waals surface area contributed by atoms with E-state index >= 15 is 0 Å². The maximum absolute atomic E-state index is 5.36. The van der Waals surface area contributed by atoms with Gasteiger partial charge in [-0.25, -0.2) is 10.8 Å². The molecule has 1 aromatic carbocycles. The van der Waals surface area contributed by atoms with E-state index in [9.17, 15) is 0 Å². The molecule has 0 aliphatic rings. The Hall–Kier alpha value is -1.75. The van der Waals surface area contributed by atoms with E-state index in [1.54, 1.807) is 7.11 Å². The van der Waals surface area contributed by atoms with Crippen LogP contribution in [0.5, 0.6) is 5.75 Å². The van der Waals surface area contributed by atoms with E-state index in [1.807, 2.05) is 38.1 Å². The van der Waals surface area contributed by atoms with Crippen molar-refractivity contribution in [3.63, 3.8) is 0 Å². The summed E-state index contributed by atoms with van der Waals surface area (Å²) in [6.45, 7) is 3.95. The lowest BCUT2D eigenvalue weighted by molar-refractivity contribution is 0.415. The fourth-order valence-electron chi connectivity index (χ4n) is 1.20. The third kappa shape index (κ3) is 3.78. The van der Waals surface area contributed by atoms with Crippen molar-refractivity contribution in [2.45, 2.75) is 19.9 Å². The molecule has 0 spiro atoms. The Labute approximate surface area is 95.7 Å². The minimum Gasteiger partial charge on any atom is -0.497 e. The monoisotopic (exact) mass is 222 g/mol. The third-order valence-corrected chi connectivity index (χ3v) is 1.86. The van der Waals surface area contributed by atoms with E-state index in [4.69, 9.17) is 10.6 Å². The maximum atomic E-state index is 5.36. The Balaban J connectivity index is 2.77. The quantitative estimate of drug-likeness (QED) is 0.312. The van der Waals surface area contributed by atoms with Crippen molar-refractivity contribution in [3.8, 4) is 5.75 Å². The lowest BCUT2D eigenvalue weighted by atomic mass is 10.3. The smallest absolute Gasteiger partial charge is 0.210 e. The van der Waals surface area contributed by atoms with E-state index in [0.717, 1.165) is 11.4 Å². The first-order valence-corrected chi connectivity index (χ1v) is 5.11. The lowest BCUT2D eigenvalue weighted by Gasteiger charge is -2.11. The summed E-state index contributed by atoms with van der Waals surface area (Å²) in [6, 6.07) is 7.72. The van der Waals surface area contributed by atoms with Crippen molar-refractivity contribution in [1.29, 1.82) is 0 Å². The summed E-state index contributed by atoms with van der Waals surface area (Å²) in [5, 5.41) is 3.07. The molecule has 5 heteroatoms. The number of benzene rings is 1. The highest BCUT2D eigenvalue weighted by molar-refractivity contribution is 5.93. The molecular weight excluding hydrogens is 204 g/mol. The second-order valence-electron chi connectivity index (χ2n) is 3.57. The number of nitrogens with zero attached hydrogens (tertiary/aromatic N) is 1. The van der Waals surface area contributed by atoms with Crippen LogP contribution in [0, 0.1) is 0 Å². The zero-order valence-corrected chi connectivity index (χ0v) is 9.82. The number of hydrogen-bond acceptors (Lipinski definition) is 3. The Kier molecular flexibility index (Phi) is 4.60. The second kappa shape index (κ2) is 5.97. The molecule has 0 amide bonds. The number of methoxy groups -OCH3 is 1. The highest BCUT2D eigenvalue weighted by atomic mass is 16.5.